The Morgan fingerprint density at radius 3 is 2.37 bits per heavy atom. The molecule has 38 heavy (non-hydrogen) atoms. The number of nitrogens with zero attached hydrogens (tertiary/aromatic N) is 1. The van der Waals surface area contributed by atoms with E-state index in [1.54, 1.807) is 18.2 Å². The van der Waals surface area contributed by atoms with E-state index in [0.29, 0.717) is 23.4 Å². The smallest absolute Gasteiger partial charge is 0.264 e. The van der Waals surface area contributed by atoms with Crippen LogP contribution in [0.5, 0.6) is 0 Å². The van der Waals surface area contributed by atoms with Crippen LogP contribution >= 0.6 is 0 Å². The zero-order valence-corrected chi connectivity index (χ0v) is 22.4. The second-order valence-corrected chi connectivity index (χ2v) is 11.8. The molecule has 2 aliphatic carbocycles. The maximum atomic E-state index is 13.2. The molecule has 5 rings (SSSR count). The highest BCUT2D eigenvalue weighted by Gasteiger charge is 2.45. The van der Waals surface area contributed by atoms with Gasteiger partial charge in [-0.1, -0.05) is 38.2 Å². The summed E-state index contributed by atoms with van der Waals surface area (Å²) in [5.41, 5.74) is 1.27. The molecule has 2 heterocycles. The van der Waals surface area contributed by atoms with Crippen LogP contribution < -0.4 is 16.0 Å². The van der Waals surface area contributed by atoms with E-state index < -0.39 is 23.8 Å². The predicted octanol–water partition coefficient (Wildman–Crippen LogP) is 4.26. The first-order valence-electron chi connectivity index (χ1n) is 14.8. The summed E-state index contributed by atoms with van der Waals surface area (Å²) in [6.45, 7) is 2.94. The van der Waals surface area contributed by atoms with Crippen molar-refractivity contribution in [3.05, 3.63) is 29.3 Å². The van der Waals surface area contributed by atoms with E-state index in [9.17, 15) is 19.2 Å². The summed E-state index contributed by atoms with van der Waals surface area (Å²) in [5.74, 6) is 1.07. The Hall–Kier alpha value is -2.74. The minimum atomic E-state index is -0.941. The van der Waals surface area contributed by atoms with Gasteiger partial charge in [-0.05, 0) is 87.9 Å². The maximum absolute atomic E-state index is 13.2. The molecule has 3 N–H and O–H groups in total. The number of amides is 4. The zero-order valence-electron chi connectivity index (χ0n) is 22.4. The fraction of sp³-hybridized carbons (Fsp3) is 0.667. The predicted molar refractivity (Wildman–Crippen MR) is 146 cm³/mol. The van der Waals surface area contributed by atoms with E-state index in [2.05, 4.69) is 16.0 Å². The van der Waals surface area contributed by atoms with Crippen molar-refractivity contribution in [2.75, 3.05) is 25.0 Å². The van der Waals surface area contributed by atoms with Crippen LogP contribution in [0.3, 0.4) is 0 Å². The van der Waals surface area contributed by atoms with E-state index in [-0.39, 0.29) is 18.7 Å². The normalized spacial score (nSPS) is 26.9. The third kappa shape index (κ3) is 6.11. The summed E-state index contributed by atoms with van der Waals surface area (Å²) >= 11 is 0. The standard InChI is InChI=1S/C30H42N4O4/c35-26-12-11-25(28(36)33-26)34-29(37)23-9-6-10-24(27(23)30(34)38)32-15-4-2-1-3-14-31-16-13-22-18-20-7-5-8-21(17-20)19-22/h6,9-10,20-22,25,31-32H,1-5,7-8,11-19H2,(H,33,35,36). The Morgan fingerprint density at radius 1 is 0.842 bits per heavy atom. The number of carbonyl (C=O) groups excluding carboxylic acids is 4. The molecule has 2 bridgehead atoms. The van der Waals surface area contributed by atoms with Crippen molar-refractivity contribution < 1.29 is 19.2 Å². The van der Waals surface area contributed by atoms with E-state index in [4.69, 9.17) is 0 Å². The van der Waals surface area contributed by atoms with Gasteiger partial charge in [0.2, 0.25) is 11.8 Å². The summed E-state index contributed by atoms with van der Waals surface area (Å²) in [7, 11) is 0. The number of imide groups is 2. The molecule has 8 heteroatoms. The molecule has 3 unspecified atom stereocenters. The van der Waals surface area contributed by atoms with Crippen LogP contribution in [0.15, 0.2) is 18.2 Å². The van der Waals surface area contributed by atoms with E-state index in [0.717, 1.165) is 55.0 Å². The molecule has 2 aliphatic heterocycles. The number of hydrogen-bond acceptors (Lipinski definition) is 6. The number of nitrogens with one attached hydrogen (secondary N) is 3. The Kier molecular flexibility index (Phi) is 8.77. The fourth-order valence-electron chi connectivity index (χ4n) is 7.15. The third-order valence-electron chi connectivity index (χ3n) is 9.02. The van der Waals surface area contributed by atoms with Crippen LogP contribution in [0.1, 0.15) is 104 Å². The van der Waals surface area contributed by atoms with Crippen LogP contribution in [-0.4, -0.2) is 54.2 Å². The maximum Gasteiger partial charge on any atom is 0.264 e. The van der Waals surface area contributed by atoms with Gasteiger partial charge in [0.15, 0.2) is 0 Å². The topological polar surface area (TPSA) is 108 Å². The molecule has 0 aromatic heterocycles. The number of hydrogen-bond donors (Lipinski definition) is 3. The molecule has 0 radical (unpaired) electrons. The molecule has 2 saturated carbocycles. The first kappa shape index (κ1) is 26.9. The van der Waals surface area contributed by atoms with Gasteiger partial charge in [0.25, 0.3) is 11.8 Å². The lowest BCUT2D eigenvalue weighted by atomic mass is 9.67. The number of fused-ring (bicyclic) bond motifs is 3. The van der Waals surface area contributed by atoms with Crippen LogP contribution in [-0.2, 0) is 9.59 Å². The fourth-order valence-corrected chi connectivity index (χ4v) is 7.15. The molecule has 1 saturated heterocycles. The number of unbranched alkanes of at least 4 members (excludes halogenated alkanes) is 3. The number of carbonyl (C=O) groups is 4. The van der Waals surface area contributed by atoms with Crippen molar-refractivity contribution in [3.8, 4) is 0 Å². The van der Waals surface area contributed by atoms with Crippen molar-refractivity contribution in [1.29, 1.82) is 0 Å². The summed E-state index contributed by atoms with van der Waals surface area (Å²) in [6.07, 6.45) is 14.9. The first-order chi connectivity index (χ1) is 18.5. The Morgan fingerprint density at radius 2 is 1.61 bits per heavy atom. The summed E-state index contributed by atoms with van der Waals surface area (Å²) in [5, 5.41) is 9.22. The van der Waals surface area contributed by atoms with Crippen LogP contribution in [0.25, 0.3) is 0 Å². The Bertz CT molecular complexity index is 1040. The minimum absolute atomic E-state index is 0.117. The molecular formula is C30H42N4O4. The van der Waals surface area contributed by atoms with Crippen molar-refractivity contribution in [2.45, 2.75) is 89.5 Å². The van der Waals surface area contributed by atoms with Gasteiger partial charge in [-0.3, -0.25) is 29.4 Å². The van der Waals surface area contributed by atoms with E-state index in [1.165, 1.54) is 51.4 Å². The van der Waals surface area contributed by atoms with Crippen molar-refractivity contribution in [3.63, 3.8) is 0 Å². The van der Waals surface area contributed by atoms with Gasteiger partial charge in [0, 0.05) is 18.7 Å². The second kappa shape index (κ2) is 12.4. The van der Waals surface area contributed by atoms with Gasteiger partial charge in [0.1, 0.15) is 6.04 Å². The number of benzene rings is 1. The summed E-state index contributed by atoms with van der Waals surface area (Å²) in [4.78, 5) is 50.9. The lowest BCUT2D eigenvalue weighted by Gasteiger charge is -2.39. The SMILES string of the molecule is O=C1CCC(N2C(=O)c3cccc(NCCCCCCNCCC4CC5CCCC(C5)C4)c3C2=O)C(=O)N1. The number of anilines is 1. The Balaban J connectivity index is 0.985. The lowest BCUT2D eigenvalue weighted by molar-refractivity contribution is -0.136. The average molecular weight is 523 g/mol. The average Bonchev–Trinajstić information content (AvgIpc) is 3.15. The van der Waals surface area contributed by atoms with Crippen molar-refractivity contribution >= 4 is 29.3 Å². The van der Waals surface area contributed by atoms with Gasteiger partial charge in [-0.15, -0.1) is 0 Å². The monoisotopic (exact) mass is 522 g/mol. The van der Waals surface area contributed by atoms with E-state index >= 15 is 0 Å². The highest BCUT2D eigenvalue weighted by Crippen LogP contribution is 2.43. The Labute approximate surface area is 225 Å². The molecule has 3 fully saturated rings. The number of piperidine rings is 1. The quantitative estimate of drug-likeness (QED) is 0.280. The molecule has 0 spiro atoms. The highest BCUT2D eigenvalue weighted by atomic mass is 16.2. The summed E-state index contributed by atoms with van der Waals surface area (Å²) in [6, 6.07) is 4.25. The molecule has 8 nitrogen and oxygen atoms in total. The summed E-state index contributed by atoms with van der Waals surface area (Å²) < 4.78 is 0. The lowest BCUT2D eigenvalue weighted by Crippen LogP contribution is -2.54. The minimum Gasteiger partial charge on any atom is -0.384 e. The largest absolute Gasteiger partial charge is 0.384 e. The number of rotatable bonds is 12. The highest BCUT2D eigenvalue weighted by molar-refractivity contribution is 6.25. The second-order valence-electron chi connectivity index (χ2n) is 11.8. The van der Waals surface area contributed by atoms with Crippen LogP contribution in [0, 0.1) is 17.8 Å². The van der Waals surface area contributed by atoms with Gasteiger partial charge in [-0.25, -0.2) is 0 Å². The van der Waals surface area contributed by atoms with Gasteiger partial charge in [-0.2, -0.15) is 0 Å². The molecule has 206 valence electrons. The van der Waals surface area contributed by atoms with Gasteiger partial charge >= 0.3 is 0 Å². The zero-order chi connectivity index (χ0) is 26.5. The van der Waals surface area contributed by atoms with Crippen molar-refractivity contribution in [2.24, 2.45) is 17.8 Å². The van der Waals surface area contributed by atoms with E-state index in [1.807, 2.05) is 0 Å². The molecule has 4 aliphatic rings. The molecular weight excluding hydrogens is 480 g/mol. The van der Waals surface area contributed by atoms with Crippen LogP contribution in [0.4, 0.5) is 5.69 Å². The third-order valence-corrected chi connectivity index (χ3v) is 9.02. The molecule has 4 amide bonds. The van der Waals surface area contributed by atoms with Crippen LogP contribution in [0.2, 0.25) is 0 Å². The first-order valence-corrected chi connectivity index (χ1v) is 14.8. The molecule has 1 aromatic rings. The molecule has 3 atom stereocenters. The molecule has 1 aromatic carbocycles. The van der Waals surface area contributed by atoms with Gasteiger partial charge in [0.05, 0.1) is 11.1 Å². The van der Waals surface area contributed by atoms with Gasteiger partial charge < -0.3 is 10.6 Å². The van der Waals surface area contributed by atoms with Crippen molar-refractivity contribution in [1.82, 2.24) is 15.5 Å².